The summed E-state index contributed by atoms with van der Waals surface area (Å²) in [4.78, 5) is 0. The fraction of sp³-hybridized carbons (Fsp3) is 1.00. The quantitative estimate of drug-likeness (QED) is 0.427. The standard InChI is InChI=1S/C14H31NO2SSi/c1-8-9-10-11-12-13(19(5,6)7)15(12)18(16,17)14(2,3)4/h12-13H,8-11H2,1-7H3. The first kappa shape index (κ1) is 17.2. The second-order valence-corrected chi connectivity index (χ2v) is 15.7. The Morgan fingerprint density at radius 2 is 1.63 bits per heavy atom. The van der Waals surface area contributed by atoms with E-state index >= 15 is 0 Å². The second-order valence-electron chi connectivity index (χ2n) is 7.82. The number of nitrogens with zero attached hydrogens (tertiary/aromatic N) is 1. The molecule has 1 saturated heterocycles. The fourth-order valence-electron chi connectivity index (χ4n) is 2.75. The highest BCUT2D eigenvalue weighted by Gasteiger charge is 2.61. The Bertz CT molecular complexity index is 406. The first-order valence-corrected chi connectivity index (χ1v) is 12.5. The SMILES string of the molecule is CCCCCC1C([Si](C)(C)C)N1S(=O)(=O)C(C)(C)C. The molecule has 1 fully saturated rings. The Morgan fingerprint density at radius 3 is 2.00 bits per heavy atom. The molecule has 3 nitrogen and oxygen atoms in total. The minimum Gasteiger partial charge on any atom is -0.212 e. The third-order valence-electron chi connectivity index (χ3n) is 3.92. The highest BCUT2D eigenvalue weighted by atomic mass is 32.2. The van der Waals surface area contributed by atoms with Crippen LogP contribution >= 0.6 is 0 Å². The summed E-state index contributed by atoms with van der Waals surface area (Å²) in [5.74, 6) is 0. The summed E-state index contributed by atoms with van der Waals surface area (Å²) in [6.45, 7) is 14.5. The van der Waals surface area contributed by atoms with Crippen LogP contribution in [-0.4, -0.2) is 37.3 Å². The van der Waals surface area contributed by atoms with Crippen LogP contribution in [-0.2, 0) is 10.0 Å². The number of hydrogen-bond donors (Lipinski definition) is 0. The van der Waals surface area contributed by atoms with Crippen molar-refractivity contribution in [3.05, 3.63) is 0 Å². The zero-order chi connectivity index (χ0) is 15.1. The zero-order valence-corrected chi connectivity index (χ0v) is 15.5. The Balaban J connectivity index is 2.87. The molecule has 0 radical (unpaired) electrons. The molecule has 1 rings (SSSR count). The summed E-state index contributed by atoms with van der Waals surface area (Å²) in [5, 5.41) is 0. The lowest BCUT2D eigenvalue weighted by Gasteiger charge is -2.23. The Labute approximate surface area is 120 Å². The van der Waals surface area contributed by atoms with Crippen LogP contribution in [0.15, 0.2) is 0 Å². The molecule has 0 bridgehead atoms. The molecule has 0 spiro atoms. The number of sulfonamides is 1. The van der Waals surface area contributed by atoms with Gasteiger partial charge in [-0.3, -0.25) is 0 Å². The molecule has 0 amide bonds. The molecular weight excluding hydrogens is 274 g/mol. The molecule has 19 heavy (non-hydrogen) atoms. The van der Waals surface area contributed by atoms with Gasteiger partial charge in [-0.25, -0.2) is 8.42 Å². The molecule has 0 N–H and O–H groups in total. The van der Waals surface area contributed by atoms with Gasteiger partial charge in [-0.05, 0) is 27.2 Å². The summed E-state index contributed by atoms with van der Waals surface area (Å²) in [6, 6.07) is 0.280. The van der Waals surface area contributed by atoms with E-state index in [-0.39, 0.29) is 6.04 Å². The van der Waals surface area contributed by atoms with Gasteiger partial charge in [0.05, 0.1) is 12.8 Å². The maximum absolute atomic E-state index is 12.7. The molecule has 3 unspecified atom stereocenters. The van der Waals surface area contributed by atoms with Crippen LogP contribution in [0.4, 0.5) is 0 Å². The molecule has 1 aliphatic rings. The van der Waals surface area contributed by atoms with E-state index in [1.54, 1.807) is 0 Å². The van der Waals surface area contributed by atoms with Crippen molar-refractivity contribution in [3.63, 3.8) is 0 Å². The van der Waals surface area contributed by atoms with Gasteiger partial charge in [-0.2, -0.15) is 4.31 Å². The lowest BCUT2D eigenvalue weighted by Crippen LogP contribution is -2.39. The topological polar surface area (TPSA) is 37.1 Å². The molecule has 114 valence electrons. The molecule has 0 aromatic heterocycles. The van der Waals surface area contributed by atoms with Crippen LogP contribution in [0.25, 0.3) is 0 Å². The van der Waals surface area contributed by atoms with E-state index < -0.39 is 22.8 Å². The van der Waals surface area contributed by atoms with Crippen LogP contribution in [0, 0.1) is 0 Å². The Morgan fingerprint density at radius 1 is 1.11 bits per heavy atom. The van der Waals surface area contributed by atoms with E-state index in [1.165, 1.54) is 12.8 Å². The van der Waals surface area contributed by atoms with Crippen molar-refractivity contribution in [2.24, 2.45) is 0 Å². The van der Waals surface area contributed by atoms with Crippen molar-refractivity contribution >= 4 is 18.1 Å². The summed E-state index contributed by atoms with van der Waals surface area (Å²) in [6.07, 6.45) is 4.59. The lowest BCUT2D eigenvalue weighted by molar-refractivity contribution is 0.506. The highest BCUT2D eigenvalue weighted by molar-refractivity contribution is 7.90. The Hall–Kier alpha value is 0.127. The Kier molecular flexibility index (Phi) is 4.96. The van der Waals surface area contributed by atoms with Gasteiger partial charge in [-0.15, -0.1) is 0 Å². The minimum atomic E-state index is -3.15. The number of hydrogen-bond acceptors (Lipinski definition) is 2. The fourth-order valence-corrected chi connectivity index (χ4v) is 8.17. The smallest absolute Gasteiger partial charge is 0.212 e. The van der Waals surface area contributed by atoms with E-state index in [0.717, 1.165) is 12.8 Å². The largest absolute Gasteiger partial charge is 0.219 e. The average molecular weight is 306 g/mol. The summed E-state index contributed by atoms with van der Waals surface area (Å²) in [5.41, 5.74) is 0.314. The molecule has 0 saturated carbocycles. The molecule has 0 aromatic carbocycles. The molecule has 1 heterocycles. The molecule has 1 aliphatic heterocycles. The second kappa shape index (κ2) is 5.49. The van der Waals surface area contributed by atoms with Gasteiger partial charge in [0.2, 0.25) is 10.0 Å². The normalized spacial score (nSPS) is 28.5. The van der Waals surface area contributed by atoms with Crippen molar-refractivity contribution in [2.45, 2.75) is 89.5 Å². The van der Waals surface area contributed by atoms with Crippen molar-refractivity contribution in [1.82, 2.24) is 4.31 Å². The first-order valence-electron chi connectivity index (χ1n) is 7.47. The van der Waals surface area contributed by atoms with Crippen molar-refractivity contribution < 1.29 is 8.42 Å². The molecular formula is C14H31NO2SSi. The highest BCUT2D eigenvalue weighted by Crippen LogP contribution is 2.44. The maximum Gasteiger partial charge on any atom is 0.219 e. The van der Waals surface area contributed by atoms with E-state index in [1.807, 2.05) is 25.1 Å². The third-order valence-corrected chi connectivity index (χ3v) is 9.14. The van der Waals surface area contributed by atoms with Gasteiger partial charge in [0.25, 0.3) is 0 Å². The van der Waals surface area contributed by atoms with Gasteiger partial charge in [0, 0.05) is 11.7 Å². The molecule has 0 aliphatic carbocycles. The average Bonchev–Trinajstić information content (AvgIpc) is 2.91. The molecule has 0 aromatic rings. The number of rotatable bonds is 6. The zero-order valence-electron chi connectivity index (χ0n) is 13.7. The first-order chi connectivity index (χ1) is 8.44. The molecule has 3 atom stereocenters. The predicted molar refractivity (Wildman–Crippen MR) is 85.6 cm³/mol. The van der Waals surface area contributed by atoms with Crippen LogP contribution in [0.1, 0.15) is 53.4 Å². The third kappa shape index (κ3) is 3.61. The minimum absolute atomic E-state index is 0.280. The number of unbranched alkanes of at least 4 members (excludes halogenated alkanes) is 2. The van der Waals surface area contributed by atoms with Crippen LogP contribution in [0.2, 0.25) is 19.6 Å². The van der Waals surface area contributed by atoms with E-state index in [9.17, 15) is 8.42 Å². The van der Waals surface area contributed by atoms with E-state index in [2.05, 4.69) is 26.6 Å². The van der Waals surface area contributed by atoms with Gasteiger partial charge in [-0.1, -0.05) is 45.8 Å². The van der Waals surface area contributed by atoms with Crippen molar-refractivity contribution in [3.8, 4) is 0 Å². The summed E-state index contributed by atoms with van der Waals surface area (Å²) >= 11 is 0. The van der Waals surface area contributed by atoms with E-state index in [4.69, 9.17) is 0 Å². The summed E-state index contributed by atoms with van der Waals surface area (Å²) < 4.78 is 26.5. The lowest BCUT2D eigenvalue weighted by atomic mass is 10.2. The van der Waals surface area contributed by atoms with Gasteiger partial charge >= 0.3 is 0 Å². The molecule has 5 heteroatoms. The van der Waals surface area contributed by atoms with Gasteiger partial charge < -0.3 is 0 Å². The van der Waals surface area contributed by atoms with Crippen LogP contribution < -0.4 is 0 Å². The van der Waals surface area contributed by atoms with Crippen molar-refractivity contribution in [2.75, 3.05) is 0 Å². The monoisotopic (exact) mass is 305 g/mol. The predicted octanol–water partition coefficient (Wildman–Crippen LogP) is 3.63. The summed E-state index contributed by atoms with van der Waals surface area (Å²) in [7, 11) is -4.61. The van der Waals surface area contributed by atoms with Crippen LogP contribution in [0.3, 0.4) is 0 Å². The van der Waals surface area contributed by atoms with Gasteiger partial charge in [0.15, 0.2) is 0 Å². The van der Waals surface area contributed by atoms with Crippen molar-refractivity contribution in [1.29, 1.82) is 0 Å². The van der Waals surface area contributed by atoms with Gasteiger partial charge in [0.1, 0.15) is 0 Å². The maximum atomic E-state index is 12.7. The van der Waals surface area contributed by atoms with E-state index in [0.29, 0.717) is 5.67 Å². The van der Waals surface area contributed by atoms with Crippen LogP contribution in [0.5, 0.6) is 0 Å².